The third-order valence-electron chi connectivity index (χ3n) is 6.44. The maximum absolute atomic E-state index is 13.1. The lowest BCUT2D eigenvalue weighted by Crippen LogP contribution is -2.57. The van der Waals surface area contributed by atoms with Crippen LogP contribution in [0.5, 0.6) is 0 Å². The number of amides is 2. The Hall–Kier alpha value is -1.88. The summed E-state index contributed by atoms with van der Waals surface area (Å²) in [6.45, 7) is 4.54. The van der Waals surface area contributed by atoms with Gasteiger partial charge in [0.25, 0.3) is 0 Å². The molecule has 2 saturated carbocycles. The summed E-state index contributed by atoms with van der Waals surface area (Å²) in [6.07, 6.45) is 5.65. The van der Waals surface area contributed by atoms with Gasteiger partial charge in [-0.05, 0) is 56.9 Å². The van der Waals surface area contributed by atoms with Crippen molar-refractivity contribution in [3.05, 3.63) is 35.9 Å². The lowest BCUT2D eigenvalue weighted by Gasteiger charge is -2.43. The summed E-state index contributed by atoms with van der Waals surface area (Å²) in [5.74, 6) is 0.762. The van der Waals surface area contributed by atoms with Gasteiger partial charge in [0.1, 0.15) is 11.8 Å². The van der Waals surface area contributed by atoms with Crippen molar-refractivity contribution in [2.75, 3.05) is 6.61 Å². The minimum Gasteiger partial charge on any atom is -0.353 e. The summed E-state index contributed by atoms with van der Waals surface area (Å²) in [7, 11) is 0. The fourth-order valence-electron chi connectivity index (χ4n) is 4.47. The fraction of sp³-hybridized carbons (Fsp3) is 0.636. The molecule has 5 nitrogen and oxygen atoms in total. The highest BCUT2D eigenvalue weighted by atomic mass is 16.5. The maximum Gasteiger partial charge on any atom is 0.245 e. The van der Waals surface area contributed by atoms with Crippen molar-refractivity contribution in [3.63, 3.8) is 0 Å². The van der Waals surface area contributed by atoms with Crippen LogP contribution >= 0.6 is 0 Å². The molecule has 1 spiro atoms. The maximum atomic E-state index is 13.1. The predicted octanol–water partition coefficient (Wildman–Crippen LogP) is 3.41. The molecule has 1 saturated heterocycles. The molecule has 2 aliphatic carbocycles. The smallest absolute Gasteiger partial charge is 0.245 e. The average molecular weight is 370 g/mol. The minimum atomic E-state index is -0.565. The van der Waals surface area contributed by atoms with Gasteiger partial charge in [0.2, 0.25) is 11.8 Å². The molecule has 1 heterocycles. The second kappa shape index (κ2) is 7.27. The Morgan fingerprint density at radius 3 is 2.44 bits per heavy atom. The molecule has 2 atom stereocenters. The molecule has 3 fully saturated rings. The van der Waals surface area contributed by atoms with Crippen LogP contribution in [-0.4, -0.2) is 35.1 Å². The normalized spacial score (nSPS) is 31.7. The van der Waals surface area contributed by atoms with E-state index in [1.165, 1.54) is 0 Å². The molecule has 0 unspecified atom stereocenters. The van der Waals surface area contributed by atoms with E-state index in [2.05, 4.69) is 12.2 Å². The monoisotopic (exact) mass is 370 g/mol. The third-order valence-corrected chi connectivity index (χ3v) is 6.44. The first-order valence-corrected chi connectivity index (χ1v) is 10.3. The van der Waals surface area contributed by atoms with E-state index in [0.29, 0.717) is 12.5 Å². The van der Waals surface area contributed by atoms with E-state index >= 15 is 0 Å². The molecule has 27 heavy (non-hydrogen) atoms. The fourth-order valence-corrected chi connectivity index (χ4v) is 4.47. The standard InChI is InChI=1S/C22H30N2O3/c1-15-10-12-22(13-11-15)24(21(26)18-8-9-18)19(14-27-22)20(25)23-16(2)17-6-4-3-5-7-17/h3-7,15-16,18-19H,8-14H2,1-2H3,(H,23,25)/t15?,16-,19-,22?/m1/s1. The molecule has 0 radical (unpaired) electrons. The Bertz CT molecular complexity index is 693. The van der Waals surface area contributed by atoms with Crippen LogP contribution in [0.15, 0.2) is 30.3 Å². The number of hydrogen-bond donors (Lipinski definition) is 1. The first kappa shape index (κ1) is 18.5. The van der Waals surface area contributed by atoms with Gasteiger partial charge in [-0.3, -0.25) is 14.5 Å². The second-order valence-corrected chi connectivity index (χ2v) is 8.58. The van der Waals surface area contributed by atoms with Crippen molar-refractivity contribution in [2.45, 2.75) is 70.2 Å². The van der Waals surface area contributed by atoms with E-state index in [1.807, 2.05) is 42.2 Å². The zero-order valence-corrected chi connectivity index (χ0v) is 16.3. The number of rotatable bonds is 4. The van der Waals surface area contributed by atoms with Gasteiger partial charge in [0, 0.05) is 5.92 Å². The molecule has 4 rings (SSSR count). The molecule has 2 amide bonds. The molecule has 1 aliphatic heterocycles. The van der Waals surface area contributed by atoms with Crippen molar-refractivity contribution >= 4 is 11.8 Å². The van der Waals surface area contributed by atoms with Crippen LogP contribution in [0.4, 0.5) is 0 Å². The zero-order chi connectivity index (χ0) is 19.0. The Morgan fingerprint density at radius 2 is 1.81 bits per heavy atom. The van der Waals surface area contributed by atoms with Crippen LogP contribution in [0, 0.1) is 11.8 Å². The predicted molar refractivity (Wildman–Crippen MR) is 103 cm³/mol. The van der Waals surface area contributed by atoms with Gasteiger partial charge < -0.3 is 10.1 Å². The minimum absolute atomic E-state index is 0.0878. The summed E-state index contributed by atoms with van der Waals surface area (Å²) in [4.78, 5) is 28.0. The van der Waals surface area contributed by atoms with E-state index in [-0.39, 0.29) is 23.8 Å². The molecule has 5 heteroatoms. The summed E-state index contributed by atoms with van der Waals surface area (Å²) in [5.41, 5.74) is 0.496. The van der Waals surface area contributed by atoms with E-state index in [9.17, 15) is 9.59 Å². The molecule has 3 aliphatic rings. The third kappa shape index (κ3) is 3.62. The Balaban J connectivity index is 1.52. The Kier molecular flexibility index (Phi) is 4.97. The molecular formula is C22H30N2O3. The van der Waals surface area contributed by atoms with Crippen LogP contribution in [0.1, 0.15) is 64.0 Å². The largest absolute Gasteiger partial charge is 0.353 e. The van der Waals surface area contributed by atoms with Gasteiger partial charge >= 0.3 is 0 Å². The molecule has 0 aromatic heterocycles. The molecule has 146 valence electrons. The van der Waals surface area contributed by atoms with Crippen molar-refractivity contribution < 1.29 is 14.3 Å². The number of carbonyl (C=O) groups excluding carboxylic acids is 2. The lowest BCUT2D eigenvalue weighted by atomic mass is 9.83. The van der Waals surface area contributed by atoms with E-state index in [0.717, 1.165) is 44.1 Å². The van der Waals surface area contributed by atoms with Gasteiger partial charge in [0.15, 0.2) is 0 Å². The summed E-state index contributed by atoms with van der Waals surface area (Å²) in [5, 5.41) is 3.10. The molecular weight excluding hydrogens is 340 g/mol. The highest BCUT2D eigenvalue weighted by Gasteiger charge is 2.55. The van der Waals surface area contributed by atoms with Crippen molar-refractivity contribution in [3.8, 4) is 0 Å². The van der Waals surface area contributed by atoms with Crippen LogP contribution in [-0.2, 0) is 14.3 Å². The van der Waals surface area contributed by atoms with Crippen LogP contribution < -0.4 is 5.32 Å². The van der Waals surface area contributed by atoms with Gasteiger partial charge in [-0.15, -0.1) is 0 Å². The quantitative estimate of drug-likeness (QED) is 0.884. The number of nitrogens with one attached hydrogen (secondary N) is 1. The Labute approximate surface area is 161 Å². The van der Waals surface area contributed by atoms with E-state index < -0.39 is 11.8 Å². The summed E-state index contributed by atoms with van der Waals surface area (Å²) < 4.78 is 6.21. The molecule has 1 aromatic carbocycles. The van der Waals surface area contributed by atoms with Gasteiger partial charge in [-0.25, -0.2) is 0 Å². The lowest BCUT2D eigenvalue weighted by molar-refractivity contribution is -0.162. The molecule has 1 N–H and O–H groups in total. The first-order valence-electron chi connectivity index (χ1n) is 10.3. The van der Waals surface area contributed by atoms with Crippen LogP contribution in [0.25, 0.3) is 0 Å². The van der Waals surface area contributed by atoms with Crippen molar-refractivity contribution in [1.82, 2.24) is 10.2 Å². The van der Waals surface area contributed by atoms with Crippen LogP contribution in [0.3, 0.4) is 0 Å². The zero-order valence-electron chi connectivity index (χ0n) is 16.3. The second-order valence-electron chi connectivity index (χ2n) is 8.58. The summed E-state index contributed by atoms with van der Waals surface area (Å²) in [6, 6.07) is 9.31. The molecule has 1 aromatic rings. The summed E-state index contributed by atoms with van der Waals surface area (Å²) >= 11 is 0. The molecule has 0 bridgehead atoms. The first-order chi connectivity index (χ1) is 13.0. The van der Waals surface area contributed by atoms with Crippen molar-refractivity contribution in [1.29, 1.82) is 0 Å². The van der Waals surface area contributed by atoms with E-state index in [4.69, 9.17) is 4.74 Å². The van der Waals surface area contributed by atoms with Gasteiger partial charge in [-0.2, -0.15) is 0 Å². The topological polar surface area (TPSA) is 58.6 Å². The number of hydrogen-bond acceptors (Lipinski definition) is 3. The number of nitrogens with zero attached hydrogens (tertiary/aromatic N) is 1. The van der Waals surface area contributed by atoms with Gasteiger partial charge in [-0.1, -0.05) is 37.3 Å². The van der Waals surface area contributed by atoms with Crippen LogP contribution in [0.2, 0.25) is 0 Å². The number of ether oxygens (including phenoxy) is 1. The number of carbonyl (C=O) groups is 2. The van der Waals surface area contributed by atoms with Gasteiger partial charge in [0.05, 0.1) is 12.6 Å². The number of benzene rings is 1. The SMILES string of the molecule is CC1CCC2(CC1)OC[C@H](C(=O)N[C@H](C)c1ccccc1)N2C(=O)C1CC1. The average Bonchev–Trinajstić information content (AvgIpc) is 3.46. The van der Waals surface area contributed by atoms with Crippen molar-refractivity contribution in [2.24, 2.45) is 11.8 Å². The van der Waals surface area contributed by atoms with E-state index in [1.54, 1.807) is 0 Å². The Morgan fingerprint density at radius 1 is 1.15 bits per heavy atom. The highest BCUT2D eigenvalue weighted by molar-refractivity contribution is 5.90. The highest BCUT2D eigenvalue weighted by Crippen LogP contribution is 2.45.